The minimum atomic E-state index is 0.102. The molecule has 3 heterocycles. The Kier molecular flexibility index (Phi) is 5.06. The van der Waals surface area contributed by atoms with Crippen molar-refractivity contribution in [3.63, 3.8) is 0 Å². The molecule has 2 aliphatic heterocycles. The van der Waals surface area contributed by atoms with E-state index in [0.29, 0.717) is 6.04 Å². The van der Waals surface area contributed by atoms with Crippen LogP contribution in [0.5, 0.6) is 11.5 Å². The monoisotopic (exact) mass is 367 g/mol. The third-order valence-electron chi connectivity index (χ3n) is 6.19. The van der Waals surface area contributed by atoms with Gasteiger partial charge in [-0.15, -0.1) is 0 Å². The average molecular weight is 367 g/mol. The number of aromatic nitrogens is 1. The molecule has 1 fully saturated rings. The molecule has 2 aliphatic rings. The SMILES string of the molecule is CCc1ccnc([C@H]2CN3CCc4cc(OC)c(OC)cc4C3C[C@H]2N)c1. The van der Waals surface area contributed by atoms with Crippen molar-refractivity contribution in [3.8, 4) is 11.5 Å². The number of nitrogens with zero attached hydrogens (tertiary/aromatic N) is 2. The van der Waals surface area contributed by atoms with Crippen LogP contribution in [-0.4, -0.2) is 43.2 Å². The second kappa shape index (κ2) is 7.49. The highest BCUT2D eigenvalue weighted by molar-refractivity contribution is 5.49. The number of rotatable bonds is 4. The summed E-state index contributed by atoms with van der Waals surface area (Å²) in [5.41, 5.74) is 11.8. The Morgan fingerprint density at radius 3 is 2.70 bits per heavy atom. The summed E-state index contributed by atoms with van der Waals surface area (Å²) in [7, 11) is 3.39. The Morgan fingerprint density at radius 2 is 1.96 bits per heavy atom. The van der Waals surface area contributed by atoms with E-state index in [9.17, 15) is 0 Å². The first-order valence-corrected chi connectivity index (χ1v) is 9.83. The molecular formula is C22H29N3O2. The van der Waals surface area contributed by atoms with E-state index in [1.807, 2.05) is 6.20 Å². The van der Waals surface area contributed by atoms with Gasteiger partial charge < -0.3 is 15.2 Å². The summed E-state index contributed by atoms with van der Waals surface area (Å²) < 4.78 is 11.0. The Morgan fingerprint density at radius 1 is 1.19 bits per heavy atom. The van der Waals surface area contributed by atoms with Crippen molar-refractivity contribution in [2.45, 2.75) is 44.2 Å². The molecule has 0 bridgehead atoms. The van der Waals surface area contributed by atoms with Gasteiger partial charge in [-0.3, -0.25) is 9.88 Å². The van der Waals surface area contributed by atoms with Crippen LogP contribution in [-0.2, 0) is 12.8 Å². The van der Waals surface area contributed by atoms with Crippen LogP contribution < -0.4 is 15.2 Å². The fourth-order valence-electron chi connectivity index (χ4n) is 4.61. The summed E-state index contributed by atoms with van der Waals surface area (Å²) >= 11 is 0. The minimum Gasteiger partial charge on any atom is -0.493 e. The smallest absolute Gasteiger partial charge is 0.161 e. The molecule has 144 valence electrons. The van der Waals surface area contributed by atoms with E-state index in [2.05, 4.69) is 41.1 Å². The number of ether oxygens (including phenoxy) is 2. The van der Waals surface area contributed by atoms with Gasteiger partial charge in [-0.1, -0.05) is 6.92 Å². The topological polar surface area (TPSA) is 60.6 Å². The van der Waals surface area contributed by atoms with Crippen LogP contribution in [0.4, 0.5) is 0 Å². The van der Waals surface area contributed by atoms with Crippen molar-refractivity contribution >= 4 is 0 Å². The molecular weight excluding hydrogens is 338 g/mol. The van der Waals surface area contributed by atoms with Crippen LogP contribution in [0.2, 0.25) is 0 Å². The van der Waals surface area contributed by atoms with Gasteiger partial charge in [0.05, 0.1) is 14.2 Å². The molecule has 1 unspecified atom stereocenters. The lowest BCUT2D eigenvalue weighted by molar-refractivity contribution is 0.108. The van der Waals surface area contributed by atoms with Crippen molar-refractivity contribution in [2.24, 2.45) is 5.73 Å². The van der Waals surface area contributed by atoms with Crippen LogP contribution in [0.1, 0.15) is 47.7 Å². The van der Waals surface area contributed by atoms with Crippen molar-refractivity contribution < 1.29 is 9.47 Å². The van der Waals surface area contributed by atoms with E-state index in [1.54, 1.807) is 14.2 Å². The molecule has 0 saturated carbocycles. The Hall–Kier alpha value is -2.11. The predicted octanol–water partition coefficient (Wildman–Crippen LogP) is 3.08. The number of pyridine rings is 1. The number of methoxy groups -OCH3 is 2. The van der Waals surface area contributed by atoms with Gasteiger partial charge in [0.25, 0.3) is 0 Å². The molecule has 2 aromatic rings. The lowest BCUT2D eigenvalue weighted by Gasteiger charge is -2.46. The number of piperidine rings is 1. The van der Waals surface area contributed by atoms with Crippen LogP contribution >= 0.6 is 0 Å². The summed E-state index contributed by atoms with van der Waals surface area (Å²) in [6, 6.07) is 9.05. The van der Waals surface area contributed by atoms with E-state index in [1.165, 1.54) is 16.7 Å². The second-order valence-corrected chi connectivity index (χ2v) is 7.62. The fraction of sp³-hybridized carbons (Fsp3) is 0.500. The van der Waals surface area contributed by atoms with Crippen molar-refractivity contribution in [2.75, 3.05) is 27.3 Å². The summed E-state index contributed by atoms with van der Waals surface area (Å²) in [4.78, 5) is 7.22. The summed E-state index contributed by atoms with van der Waals surface area (Å²) in [6.45, 7) is 4.18. The van der Waals surface area contributed by atoms with Crippen molar-refractivity contribution in [3.05, 3.63) is 52.8 Å². The molecule has 27 heavy (non-hydrogen) atoms. The van der Waals surface area contributed by atoms with Crippen LogP contribution in [0.3, 0.4) is 0 Å². The number of nitrogens with two attached hydrogens (primary N) is 1. The van der Waals surface area contributed by atoms with Gasteiger partial charge in [-0.2, -0.15) is 0 Å². The Labute approximate surface area is 161 Å². The molecule has 0 amide bonds. The molecule has 0 radical (unpaired) electrons. The van der Waals surface area contributed by atoms with E-state index >= 15 is 0 Å². The standard InChI is InChI=1S/C22H29N3O2/c1-4-14-5-7-24-19(9-14)17-13-25-8-6-15-10-21(26-2)22(27-3)11-16(15)20(25)12-18(17)23/h5,7,9-11,17-18,20H,4,6,8,12-13,23H2,1-3H3/t17-,18+,20?/m0/s1. The van der Waals surface area contributed by atoms with Gasteiger partial charge in [0.2, 0.25) is 0 Å². The van der Waals surface area contributed by atoms with Crippen molar-refractivity contribution in [1.29, 1.82) is 0 Å². The van der Waals surface area contributed by atoms with Gasteiger partial charge >= 0.3 is 0 Å². The third-order valence-corrected chi connectivity index (χ3v) is 6.19. The molecule has 0 aliphatic carbocycles. The first-order valence-electron chi connectivity index (χ1n) is 9.83. The minimum absolute atomic E-state index is 0.102. The first kappa shape index (κ1) is 18.3. The van der Waals surface area contributed by atoms with Crippen LogP contribution in [0.25, 0.3) is 0 Å². The Balaban J connectivity index is 1.63. The highest BCUT2D eigenvalue weighted by atomic mass is 16.5. The zero-order valence-electron chi connectivity index (χ0n) is 16.4. The predicted molar refractivity (Wildman–Crippen MR) is 107 cm³/mol. The zero-order valence-corrected chi connectivity index (χ0v) is 16.4. The summed E-state index contributed by atoms with van der Waals surface area (Å²) in [6.07, 6.45) is 4.91. The number of hydrogen-bond acceptors (Lipinski definition) is 5. The van der Waals surface area contributed by atoms with Crippen LogP contribution in [0, 0.1) is 0 Å². The van der Waals surface area contributed by atoms with Gasteiger partial charge in [0.15, 0.2) is 11.5 Å². The lowest BCUT2D eigenvalue weighted by atomic mass is 9.79. The van der Waals surface area contributed by atoms with Gasteiger partial charge in [0, 0.05) is 43.0 Å². The molecule has 5 nitrogen and oxygen atoms in total. The maximum Gasteiger partial charge on any atom is 0.161 e. The molecule has 2 N–H and O–H groups in total. The fourth-order valence-corrected chi connectivity index (χ4v) is 4.61. The average Bonchev–Trinajstić information content (AvgIpc) is 2.72. The molecule has 0 spiro atoms. The maximum atomic E-state index is 6.67. The van der Waals surface area contributed by atoms with E-state index in [-0.39, 0.29) is 12.0 Å². The van der Waals surface area contributed by atoms with Crippen molar-refractivity contribution in [1.82, 2.24) is 9.88 Å². The molecule has 5 heteroatoms. The summed E-state index contributed by atoms with van der Waals surface area (Å²) in [5, 5.41) is 0. The maximum absolute atomic E-state index is 6.67. The van der Waals surface area contributed by atoms with E-state index in [4.69, 9.17) is 15.2 Å². The number of benzene rings is 1. The lowest BCUT2D eigenvalue weighted by Crippen LogP contribution is -2.50. The Bertz CT molecular complexity index is 823. The normalized spacial score (nSPS) is 24.8. The second-order valence-electron chi connectivity index (χ2n) is 7.62. The van der Waals surface area contributed by atoms with E-state index < -0.39 is 0 Å². The molecule has 1 aromatic carbocycles. The summed E-state index contributed by atoms with van der Waals surface area (Å²) in [5.74, 6) is 1.89. The number of hydrogen-bond donors (Lipinski definition) is 1. The van der Waals surface area contributed by atoms with Gasteiger partial charge in [-0.05, 0) is 60.2 Å². The molecule has 1 saturated heterocycles. The first-order chi connectivity index (χ1) is 13.1. The van der Waals surface area contributed by atoms with Gasteiger partial charge in [0.1, 0.15) is 0 Å². The molecule has 4 rings (SSSR count). The third kappa shape index (κ3) is 3.30. The molecule has 1 aromatic heterocycles. The quantitative estimate of drug-likeness (QED) is 0.900. The highest BCUT2D eigenvalue weighted by Crippen LogP contribution is 2.43. The largest absolute Gasteiger partial charge is 0.493 e. The van der Waals surface area contributed by atoms with E-state index in [0.717, 1.165) is 49.5 Å². The van der Waals surface area contributed by atoms with Gasteiger partial charge in [-0.25, -0.2) is 0 Å². The highest BCUT2D eigenvalue weighted by Gasteiger charge is 2.39. The number of fused-ring (bicyclic) bond motifs is 3. The molecule has 3 atom stereocenters. The number of aryl methyl sites for hydroxylation is 1. The zero-order chi connectivity index (χ0) is 19.0. The van der Waals surface area contributed by atoms with Crippen LogP contribution in [0.15, 0.2) is 30.5 Å².